The maximum absolute atomic E-state index is 11.7. The number of aromatic amines is 1. The molecule has 1 aromatic carbocycles. The van der Waals surface area contributed by atoms with Gasteiger partial charge in [0.15, 0.2) is 5.96 Å². The lowest BCUT2D eigenvalue weighted by atomic mass is 10.1. The number of nitrogens with one attached hydrogen (secondary N) is 2. The zero-order valence-electron chi connectivity index (χ0n) is 11.6. The number of guanidine groups is 1. The maximum Gasteiger partial charge on any atom is 0.250 e. The molecular weight excluding hydrogens is 302 g/mol. The van der Waals surface area contributed by atoms with Gasteiger partial charge in [0.1, 0.15) is 0 Å². The smallest absolute Gasteiger partial charge is 0.250 e. The predicted molar refractivity (Wildman–Crippen MR) is 87.1 cm³/mol. The van der Waals surface area contributed by atoms with Gasteiger partial charge in [-0.1, -0.05) is 41.9 Å². The number of nitrogens with two attached hydrogens (primary N) is 2. The summed E-state index contributed by atoms with van der Waals surface area (Å²) >= 11 is 6.19. The van der Waals surface area contributed by atoms with Crippen molar-refractivity contribution in [1.82, 2.24) is 10.3 Å². The normalized spacial score (nSPS) is 14.5. The molecule has 1 aliphatic rings. The van der Waals surface area contributed by atoms with Gasteiger partial charge in [0.05, 0.1) is 34.2 Å². The molecule has 22 heavy (non-hydrogen) atoms. The number of primary amides is 1. The Labute approximate surface area is 131 Å². The Morgan fingerprint density at radius 1 is 1.27 bits per heavy atom. The van der Waals surface area contributed by atoms with Crippen LogP contribution in [0.15, 0.2) is 46.4 Å². The number of H-pyrrole nitrogens is 1. The number of hydrogen-bond donors (Lipinski definition) is 4. The molecule has 1 aliphatic heterocycles. The monoisotopic (exact) mass is 315 g/mol. The van der Waals surface area contributed by atoms with Crippen molar-refractivity contribution in [3.05, 3.63) is 52.7 Å². The topological polar surface area (TPSA) is 109 Å². The standard InChI is InChI=1S/C15H14ClN5O/c16-10-7-19-15(18)21-13(10)11-6-9(14(17)22)12(20-11)8-4-2-1-3-5-8/h1-6,20H,7H2,(H2,17,22)(H3,18,19,21). The Morgan fingerprint density at radius 3 is 2.68 bits per heavy atom. The third-order valence-corrected chi connectivity index (χ3v) is 3.64. The number of rotatable bonds is 3. The molecule has 0 saturated heterocycles. The Hall–Kier alpha value is -2.73. The third-order valence-electron chi connectivity index (χ3n) is 3.33. The van der Waals surface area contributed by atoms with E-state index in [-0.39, 0.29) is 5.96 Å². The van der Waals surface area contributed by atoms with Crippen LogP contribution < -0.4 is 16.8 Å². The summed E-state index contributed by atoms with van der Waals surface area (Å²) in [5.74, 6) is -0.244. The molecule has 1 amide bonds. The summed E-state index contributed by atoms with van der Waals surface area (Å²) in [5, 5.41) is 3.41. The van der Waals surface area contributed by atoms with E-state index in [4.69, 9.17) is 23.1 Å². The fraction of sp³-hybridized carbons (Fsp3) is 0.0667. The molecule has 0 unspecified atom stereocenters. The highest BCUT2D eigenvalue weighted by atomic mass is 35.5. The van der Waals surface area contributed by atoms with Crippen LogP contribution in [0.3, 0.4) is 0 Å². The SMILES string of the molecule is NC(=O)c1cc(C2=C(Cl)CN=C(N)N2)[nH]c1-c1ccccc1. The van der Waals surface area contributed by atoms with Crippen LogP contribution >= 0.6 is 11.6 Å². The van der Waals surface area contributed by atoms with Crippen molar-refractivity contribution in [2.75, 3.05) is 6.54 Å². The fourth-order valence-electron chi connectivity index (χ4n) is 2.30. The molecule has 2 heterocycles. The van der Waals surface area contributed by atoms with E-state index in [1.165, 1.54) is 0 Å². The number of aromatic nitrogens is 1. The van der Waals surface area contributed by atoms with E-state index in [9.17, 15) is 4.79 Å². The second kappa shape index (κ2) is 5.57. The minimum absolute atomic E-state index is 0.274. The van der Waals surface area contributed by atoms with Crippen LogP contribution in [0.5, 0.6) is 0 Å². The largest absolute Gasteiger partial charge is 0.370 e. The van der Waals surface area contributed by atoms with Gasteiger partial charge in [0.2, 0.25) is 0 Å². The number of nitrogens with zero attached hydrogens (tertiary/aromatic N) is 1. The molecule has 0 fully saturated rings. The first-order chi connectivity index (χ1) is 10.6. The number of carbonyl (C=O) groups is 1. The van der Waals surface area contributed by atoms with Crippen molar-refractivity contribution in [1.29, 1.82) is 0 Å². The number of carbonyl (C=O) groups excluding carboxylic acids is 1. The first-order valence-corrected chi connectivity index (χ1v) is 6.98. The second-order valence-corrected chi connectivity index (χ2v) is 5.26. The van der Waals surface area contributed by atoms with Crippen molar-refractivity contribution in [2.45, 2.75) is 0 Å². The van der Waals surface area contributed by atoms with Gasteiger partial charge in [-0.05, 0) is 11.6 Å². The van der Waals surface area contributed by atoms with Gasteiger partial charge in [0, 0.05) is 0 Å². The molecular formula is C15H14ClN5O. The molecule has 0 bridgehead atoms. The van der Waals surface area contributed by atoms with Crippen LogP contribution in [0.2, 0.25) is 0 Å². The number of amides is 1. The molecule has 6 nitrogen and oxygen atoms in total. The number of benzene rings is 1. The van der Waals surface area contributed by atoms with E-state index in [0.29, 0.717) is 34.2 Å². The van der Waals surface area contributed by atoms with Gasteiger partial charge in [-0.15, -0.1) is 0 Å². The van der Waals surface area contributed by atoms with Crippen molar-refractivity contribution in [3.8, 4) is 11.3 Å². The van der Waals surface area contributed by atoms with E-state index >= 15 is 0 Å². The third kappa shape index (κ3) is 2.56. The molecule has 112 valence electrons. The number of halogens is 1. The van der Waals surface area contributed by atoms with E-state index in [2.05, 4.69) is 15.3 Å². The average Bonchev–Trinajstić information content (AvgIpc) is 2.96. The molecule has 7 heteroatoms. The minimum Gasteiger partial charge on any atom is -0.370 e. The van der Waals surface area contributed by atoms with Crippen molar-refractivity contribution in [2.24, 2.45) is 16.5 Å². The summed E-state index contributed by atoms with van der Waals surface area (Å²) in [4.78, 5) is 18.9. The minimum atomic E-state index is -0.518. The highest BCUT2D eigenvalue weighted by Crippen LogP contribution is 2.28. The van der Waals surface area contributed by atoms with Gasteiger partial charge < -0.3 is 21.8 Å². The van der Waals surface area contributed by atoms with E-state index < -0.39 is 5.91 Å². The number of aliphatic imine (C=N–C) groups is 1. The second-order valence-electron chi connectivity index (χ2n) is 4.81. The average molecular weight is 316 g/mol. The fourth-order valence-corrected chi connectivity index (χ4v) is 2.51. The lowest BCUT2D eigenvalue weighted by molar-refractivity contribution is 0.100. The Bertz CT molecular complexity index is 792. The van der Waals surface area contributed by atoms with Gasteiger partial charge >= 0.3 is 0 Å². The molecule has 1 aromatic heterocycles. The zero-order chi connectivity index (χ0) is 15.7. The first-order valence-electron chi connectivity index (χ1n) is 6.60. The summed E-state index contributed by atoms with van der Waals surface area (Å²) in [6, 6.07) is 11.1. The quantitative estimate of drug-likeness (QED) is 0.690. The zero-order valence-corrected chi connectivity index (χ0v) is 12.3. The molecule has 0 aliphatic carbocycles. The van der Waals surface area contributed by atoms with Crippen LogP contribution in [0.25, 0.3) is 17.0 Å². The highest BCUT2D eigenvalue weighted by Gasteiger charge is 2.20. The highest BCUT2D eigenvalue weighted by molar-refractivity contribution is 6.33. The summed E-state index contributed by atoms with van der Waals surface area (Å²) in [5.41, 5.74) is 14.3. The Balaban J connectivity index is 2.10. The summed E-state index contributed by atoms with van der Waals surface area (Å²) in [6.45, 7) is 0.293. The van der Waals surface area contributed by atoms with Crippen molar-refractivity contribution < 1.29 is 4.79 Å². The lowest BCUT2D eigenvalue weighted by Gasteiger charge is -2.15. The molecule has 2 aromatic rings. The number of hydrogen-bond acceptors (Lipinski definition) is 4. The predicted octanol–water partition coefficient (Wildman–Crippen LogP) is 1.61. The van der Waals surface area contributed by atoms with Crippen LogP contribution in [0, 0.1) is 0 Å². The van der Waals surface area contributed by atoms with E-state index in [1.54, 1.807) is 6.07 Å². The van der Waals surface area contributed by atoms with Gasteiger partial charge in [-0.2, -0.15) is 0 Å². The van der Waals surface area contributed by atoms with E-state index in [0.717, 1.165) is 5.56 Å². The van der Waals surface area contributed by atoms with Gasteiger partial charge in [-0.25, -0.2) is 4.99 Å². The molecule has 0 spiro atoms. The molecule has 0 saturated carbocycles. The first kappa shape index (κ1) is 14.2. The summed E-state index contributed by atoms with van der Waals surface area (Å²) in [6.07, 6.45) is 0. The van der Waals surface area contributed by atoms with Crippen LogP contribution in [-0.4, -0.2) is 23.4 Å². The van der Waals surface area contributed by atoms with E-state index in [1.807, 2.05) is 30.3 Å². The Morgan fingerprint density at radius 2 is 2.00 bits per heavy atom. The molecule has 0 atom stereocenters. The van der Waals surface area contributed by atoms with Crippen LogP contribution in [0.4, 0.5) is 0 Å². The van der Waals surface area contributed by atoms with Crippen LogP contribution in [0.1, 0.15) is 16.1 Å². The molecule has 6 N–H and O–H groups in total. The van der Waals surface area contributed by atoms with Crippen molar-refractivity contribution >= 4 is 29.2 Å². The summed E-state index contributed by atoms with van der Waals surface area (Å²) < 4.78 is 0. The van der Waals surface area contributed by atoms with Gasteiger partial charge in [0.25, 0.3) is 5.91 Å². The van der Waals surface area contributed by atoms with Crippen molar-refractivity contribution in [3.63, 3.8) is 0 Å². The summed E-state index contributed by atoms with van der Waals surface area (Å²) in [7, 11) is 0. The van der Waals surface area contributed by atoms with Gasteiger partial charge in [-0.3, -0.25) is 4.79 Å². The van der Waals surface area contributed by atoms with Crippen LogP contribution in [-0.2, 0) is 0 Å². The Kier molecular flexibility index (Phi) is 3.60. The molecule has 3 rings (SSSR count). The maximum atomic E-state index is 11.7. The molecule has 0 radical (unpaired) electrons. The lowest BCUT2D eigenvalue weighted by Crippen LogP contribution is -2.34.